The fourth-order valence-corrected chi connectivity index (χ4v) is 2.51. The summed E-state index contributed by atoms with van der Waals surface area (Å²) < 4.78 is 13.0. The van der Waals surface area contributed by atoms with E-state index in [0.29, 0.717) is 12.0 Å². The lowest BCUT2D eigenvalue weighted by atomic mass is 10.1. The molecule has 0 saturated heterocycles. The van der Waals surface area contributed by atoms with Crippen molar-refractivity contribution in [2.75, 3.05) is 0 Å². The second kappa shape index (κ2) is 6.18. The van der Waals surface area contributed by atoms with Gasteiger partial charge in [-0.25, -0.2) is 4.39 Å². The Morgan fingerprint density at radius 1 is 1.05 bits per heavy atom. The predicted molar refractivity (Wildman–Crippen MR) is 69.6 cm³/mol. The van der Waals surface area contributed by atoms with Crippen LogP contribution < -0.4 is 17.7 Å². The summed E-state index contributed by atoms with van der Waals surface area (Å²) in [6.45, 7) is 0.867. The zero-order chi connectivity index (χ0) is 12.4. The van der Waals surface area contributed by atoms with Crippen LogP contribution in [0.1, 0.15) is 23.5 Å². The predicted octanol–water partition coefficient (Wildman–Crippen LogP) is -0.551. The number of hydrogen-bond donors (Lipinski definition) is 1. The number of quaternary nitrogens is 1. The van der Waals surface area contributed by atoms with Gasteiger partial charge < -0.3 is 17.7 Å². The largest absolute Gasteiger partial charge is 1.00 e. The second-order valence-corrected chi connectivity index (χ2v) is 4.99. The average Bonchev–Trinajstić information content (AvgIpc) is 3.17. The summed E-state index contributed by atoms with van der Waals surface area (Å²) in [5.74, 6) is 0.538. The molecular formula is C16H17ClFN. The second-order valence-electron chi connectivity index (χ2n) is 4.99. The maximum absolute atomic E-state index is 13.0. The van der Waals surface area contributed by atoms with Gasteiger partial charge in [0, 0.05) is 17.9 Å². The van der Waals surface area contributed by atoms with Crippen molar-refractivity contribution in [1.82, 2.24) is 0 Å². The molecular weight excluding hydrogens is 261 g/mol. The first kappa shape index (κ1) is 14.0. The van der Waals surface area contributed by atoms with Crippen LogP contribution >= 0.6 is 0 Å². The van der Waals surface area contributed by atoms with Crippen LogP contribution in [0, 0.1) is 5.82 Å². The standard InChI is InChI=1S/C16H16FN.ClH/c17-14-8-4-5-12(9-14)11-18-16-10-15(16)13-6-2-1-3-7-13;/h1-9,15-16,18H,10-11H2;1H/t15-,16+;/m0./s1. The summed E-state index contributed by atoms with van der Waals surface area (Å²) >= 11 is 0. The van der Waals surface area contributed by atoms with Crippen LogP contribution in [0.15, 0.2) is 54.6 Å². The molecule has 0 radical (unpaired) electrons. The molecule has 0 unspecified atom stereocenters. The zero-order valence-electron chi connectivity index (χ0n) is 10.6. The Hall–Kier alpha value is -1.38. The number of nitrogens with two attached hydrogens (primary N) is 1. The molecule has 1 fully saturated rings. The third-order valence-corrected chi connectivity index (χ3v) is 3.61. The highest BCUT2D eigenvalue weighted by molar-refractivity contribution is 5.26. The van der Waals surface area contributed by atoms with Crippen molar-refractivity contribution >= 4 is 0 Å². The number of halogens is 2. The Balaban J connectivity index is 0.00000133. The molecule has 3 heteroatoms. The van der Waals surface area contributed by atoms with Gasteiger partial charge in [0.05, 0.1) is 6.04 Å². The molecule has 1 aliphatic rings. The van der Waals surface area contributed by atoms with Crippen LogP contribution in [-0.4, -0.2) is 6.04 Å². The molecule has 0 aliphatic heterocycles. The summed E-state index contributed by atoms with van der Waals surface area (Å²) in [5, 5.41) is 2.33. The van der Waals surface area contributed by atoms with Gasteiger partial charge in [-0.1, -0.05) is 42.5 Å². The number of benzene rings is 2. The molecule has 2 N–H and O–H groups in total. The van der Waals surface area contributed by atoms with E-state index in [4.69, 9.17) is 0 Å². The molecule has 0 amide bonds. The van der Waals surface area contributed by atoms with Gasteiger partial charge in [-0.2, -0.15) is 0 Å². The van der Waals surface area contributed by atoms with Crippen molar-refractivity contribution in [2.45, 2.75) is 24.9 Å². The van der Waals surface area contributed by atoms with Gasteiger partial charge in [0.1, 0.15) is 12.4 Å². The highest BCUT2D eigenvalue weighted by atomic mass is 35.5. The van der Waals surface area contributed by atoms with Crippen molar-refractivity contribution in [3.8, 4) is 0 Å². The molecule has 0 aromatic heterocycles. The molecule has 19 heavy (non-hydrogen) atoms. The third-order valence-electron chi connectivity index (χ3n) is 3.61. The van der Waals surface area contributed by atoms with Gasteiger partial charge in [-0.15, -0.1) is 0 Å². The molecule has 2 aromatic carbocycles. The zero-order valence-corrected chi connectivity index (χ0v) is 11.4. The van der Waals surface area contributed by atoms with Crippen LogP contribution in [-0.2, 0) is 6.54 Å². The normalized spacial score (nSPS) is 20.7. The monoisotopic (exact) mass is 277 g/mol. The van der Waals surface area contributed by atoms with Gasteiger partial charge in [-0.05, 0) is 17.7 Å². The Kier molecular flexibility index (Phi) is 4.56. The molecule has 1 saturated carbocycles. The van der Waals surface area contributed by atoms with Gasteiger partial charge in [-0.3, -0.25) is 0 Å². The molecule has 2 aromatic rings. The van der Waals surface area contributed by atoms with Crippen molar-refractivity contribution in [3.05, 3.63) is 71.5 Å². The Morgan fingerprint density at radius 2 is 1.84 bits per heavy atom. The van der Waals surface area contributed by atoms with Crippen LogP contribution in [0.3, 0.4) is 0 Å². The molecule has 3 rings (SSSR count). The first-order chi connectivity index (χ1) is 8.83. The Labute approximate surface area is 119 Å². The summed E-state index contributed by atoms with van der Waals surface area (Å²) in [5.41, 5.74) is 2.49. The topological polar surface area (TPSA) is 16.6 Å². The van der Waals surface area contributed by atoms with Gasteiger partial charge in [0.25, 0.3) is 0 Å². The highest BCUT2D eigenvalue weighted by Crippen LogP contribution is 2.37. The molecule has 1 aliphatic carbocycles. The SMILES string of the molecule is Fc1cccc(C[NH2+][C@@H]2C[C@H]2c2ccccc2)c1.[Cl-]. The number of rotatable bonds is 4. The van der Waals surface area contributed by atoms with Crippen molar-refractivity contribution in [1.29, 1.82) is 0 Å². The maximum atomic E-state index is 13.0. The first-order valence-corrected chi connectivity index (χ1v) is 6.45. The lowest BCUT2D eigenvalue weighted by Gasteiger charge is -2.02. The minimum Gasteiger partial charge on any atom is -1.00 e. The smallest absolute Gasteiger partial charge is 0.123 e. The van der Waals surface area contributed by atoms with Crippen LogP contribution in [0.2, 0.25) is 0 Å². The van der Waals surface area contributed by atoms with E-state index in [1.54, 1.807) is 12.1 Å². The van der Waals surface area contributed by atoms with Gasteiger partial charge in [0.15, 0.2) is 0 Å². The Bertz CT molecular complexity index is 529. The average molecular weight is 278 g/mol. The molecule has 100 valence electrons. The van der Waals surface area contributed by atoms with Crippen molar-refractivity contribution < 1.29 is 22.1 Å². The van der Waals surface area contributed by atoms with Crippen LogP contribution in [0.4, 0.5) is 4.39 Å². The lowest BCUT2D eigenvalue weighted by Crippen LogP contribution is -3.00. The Morgan fingerprint density at radius 3 is 2.58 bits per heavy atom. The van der Waals surface area contributed by atoms with E-state index in [1.807, 2.05) is 6.07 Å². The van der Waals surface area contributed by atoms with E-state index >= 15 is 0 Å². The number of hydrogen-bond acceptors (Lipinski definition) is 0. The van der Waals surface area contributed by atoms with E-state index in [-0.39, 0.29) is 18.2 Å². The summed E-state index contributed by atoms with van der Waals surface area (Å²) in [7, 11) is 0. The molecule has 0 spiro atoms. The minimum atomic E-state index is -0.142. The van der Waals surface area contributed by atoms with Crippen molar-refractivity contribution in [2.24, 2.45) is 0 Å². The highest BCUT2D eigenvalue weighted by Gasteiger charge is 2.41. The van der Waals surface area contributed by atoms with E-state index < -0.39 is 0 Å². The molecule has 1 nitrogen and oxygen atoms in total. The lowest BCUT2D eigenvalue weighted by molar-refractivity contribution is -0.684. The quantitative estimate of drug-likeness (QED) is 0.772. The summed E-state index contributed by atoms with van der Waals surface area (Å²) in [4.78, 5) is 0. The van der Waals surface area contributed by atoms with E-state index in [1.165, 1.54) is 18.1 Å². The van der Waals surface area contributed by atoms with E-state index in [0.717, 1.165) is 12.1 Å². The van der Waals surface area contributed by atoms with E-state index in [2.05, 4.69) is 35.6 Å². The maximum Gasteiger partial charge on any atom is 0.123 e. The van der Waals surface area contributed by atoms with Gasteiger partial charge >= 0.3 is 0 Å². The third kappa shape index (κ3) is 3.55. The summed E-state index contributed by atoms with van der Waals surface area (Å²) in [6, 6.07) is 18.2. The van der Waals surface area contributed by atoms with E-state index in [9.17, 15) is 4.39 Å². The fourth-order valence-electron chi connectivity index (χ4n) is 2.51. The van der Waals surface area contributed by atoms with Gasteiger partial charge in [0.2, 0.25) is 0 Å². The van der Waals surface area contributed by atoms with Crippen LogP contribution in [0.5, 0.6) is 0 Å². The molecule has 0 bridgehead atoms. The fraction of sp³-hybridized carbons (Fsp3) is 0.250. The molecule has 2 atom stereocenters. The first-order valence-electron chi connectivity index (χ1n) is 6.45. The summed E-state index contributed by atoms with van der Waals surface area (Å²) in [6.07, 6.45) is 1.24. The molecule has 0 heterocycles. The minimum absolute atomic E-state index is 0. The van der Waals surface area contributed by atoms with Crippen LogP contribution in [0.25, 0.3) is 0 Å². The van der Waals surface area contributed by atoms with Crippen molar-refractivity contribution in [3.63, 3.8) is 0 Å².